The number of hydrogen-bond acceptors (Lipinski definition) is 15. The number of aliphatic hydroxyl groups excluding tert-OH is 7. The van der Waals surface area contributed by atoms with E-state index in [0.717, 1.165) is 6.08 Å². The van der Waals surface area contributed by atoms with Crippen LogP contribution in [0.3, 0.4) is 0 Å². The third-order valence-electron chi connectivity index (χ3n) is 6.38. The van der Waals surface area contributed by atoms with Gasteiger partial charge in [-0.25, -0.2) is 4.79 Å². The van der Waals surface area contributed by atoms with Crippen LogP contribution in [-0.4, -0.2) is 138 Å². The van der Waals surface area contributed by atoms with Crippen molar-refractivity contribution in [2.45, 2.75) is 54.8 Å². The third-order valence-corrected chi connectivity index (χ3v) is 6.38. The molecule has 0 aromatic heterocycles. The lowest BCUT2D eigenvalue weighted by Gasteiger charge is -2.43. The van der Waals surface area contributed by atoms with Crippen molar-refractivity contribution in [3.8, 4) is 17.2 Å². The molecule has 0 amide bonds. The van der Waals surface area contributed by atoms with Crippen LogP contribution in [0, 0.1) is 0 Å². The normalized spacial score (nSPS) is 34.7. The summed E-state index contributed by atoms with van der Waals surface area (Å²) >= 11 is 0. The average Bonchev–Trinajstić information content (AvgIpc) is 3.21. The third kappa shape index (κ3) is 6.28. The highest BCUT2D eigenvalue weighted by Gasteiger charge is 2.60. The number of benzene rings is 1. The van der Waals surface area contributed by atoms with Crippen LogP contribution in [0.15, 0.2) is 18.2 Å². The lowest BCUT2D eigenvalue weighted by Crippen LogP contribution is -2.63. The molecule has 0 unspecified atom stereocenters. The van der Waals surface area contributed by atoms with Crippen molar-refractivity contribution in [2.24, 2.45) is 0 Å². The summed E-state index contributed by atoms with van der Waals surface area (Å²) < 4.78 is 37.5. The molecule has 2 saturated heterocycles. The Morgan fingerprint density at radius 2 is 1.51 bits per heavy atom. The Hall–Kier alpha value is -2.57. The molecule has 2 aliphatic rings. The summed E-state index contributed by atoms with van der Waals surface area (Å²) in [5.74, 6) is -2.43. The predicted molar refractivity (Wildman–Crippen MR) is 128 cm³/mol. The van der Waals surface area contributed by atoms with Gasteiger partial charge in [-0.3, -0.25) is 0 Å². The van der Waals surface area contributed by atoms with Gasteiger partial charge in [0, 0.05) is 6.08 Å². The van der Waals surface area contributed by atoms with Crippen molar-refractivity contribution in [3.63, 3.8) is 0 Å². The Bertz CT molecular complexity index is 975. The second-order valence-electron chi connectivity index (χ2n) is 8.76. The van der Waals surface area contributed by atoms with Gasteiger partial charge in [0.05, 0.1) is 34.5 Å². The minimum absolute atomic E-state index is 0.322. The molecule has 1 aromatic carbocycles. The number of rotatable bonds is 11. The summed E-state index contributed by atoms with van der Waals surface area (Å²) in [6.45, 7) is -2.59. The molecule has 9 atom stereocenters. The van der Waals surface area contributed by atoms with Gasteiger partial charge in [0.25, 0.3) is 0 Å². The van der Waals surface area contributed by atoms with E-state index in [4.69, 9.17) is 33.2 Å². The van der Waals surface area contributed by atoms with Gasteiger partial charge in [0.1, 0.15) is 43.2 Å². The van der Waals surface area contributed by atoms with Gasteiger partial charge in [-0.15, -0.1) is 0 Å². The fourth-order valence-electron chi connectivity index (χ4n) is 4.30. The summed E-state index contributed by atoms with van der Waals surface area (Å²) in [5, 5.41) is 70.3. The van der Waals surface area contributed by atoms with E-state index < -0.39 is 80.6 Å². The summed E-state index contributed by atoms with van der Waals surface area (Å²) in [6.07, 6.45) is -11.1. The van der Waals surface area contributed by atoms with Crippen LogP contribution >= 0.6 is 0 Å². The highest BCUT2D eigenvalue weighted by atomic mass is 16.8. The predicted octanol–water partition coefficient (Wildman–Crippen LogP) is -3.11. The van der Waals surface area contributed by atoms with Crippen molar-refractivity contribution >= 4 is 12.0 Å². The van der Waals surface area contributed by atoms with E-state index in [0.29, 0.717) is 22.8 Å². The maximum absolute atomic E-state index is 12.7. The minimum Gasteiger partial charge on any atom is -0.493 e. The molecule has 0 bridgehead atoms. The molecule has 2 fully saturated rings. The van der Waals surface area contributed by atoms with Crippen LogP contribution in [0.5, 0.6) is 17.2 Å². The number of aliphatic hydroxyl groups is 7. The van der Waals surface area contributed by atoms with E-state index in [9.17, 15) is 40.5 Å². The Labute approximate surface area is 223 Å². The first-order valence-corrected chi connectivity index (χ1v) is 11.8. The standard InChI is InChI=1S/C24H34O15/c1-33-12-6-11(7-13(34-2)21(12)35-3)4-5-16(28)37-22-18(30)15(9-26)38-24(22,10-27)39-23-20(32)19(31)17(29)14(8-25)36-23/h4-7,14-15,17-20,22-23,25-27,29-32H,8-10H2,1-3H3/b5-4-/t14-,15-,17-,18-,19+,20-,22+,23-,24+/m1/s1. The molecule has 15 heteroatoms. The summed E-state index contributed by atoms with van der Waals surface area (Å²) in [4.78, 5) is 12.7. The van der Waals surface area contributed by atoms with E-state index in [-0.39, 0.29) is 0 Å². The van der Waals surface area contributed by atoms with E-state index >= 15 is 0 Å². The van der Waals surface area contributed by atoms with Gasteiger partial charge in [0.2, 0.25) is 11.5 Å². The first kappa shape index (κ1) is 31.0. The highest BCUT2D eigenvalue weighted by molar-refractivity contribution is 5.87. The minimum atomic E-state index is -2.38. The molecule has 0 aliphatic carbocycles. The summed E-state index contributed by atoms with van der Waals surface area (Å²) in [6, 6.07) is 3.11. The number of ether oxygens (including phenoxy) is 7. The first-order valence-electron chi connectivity index (χ1n) is 11.8. The maximum atomic E-state index is 12.7. The smallest absolute Gasteiger partial charge is 0.331 e. The number of hydrogen-bond donors (Lipinski definition) is 7. The summed E-state index contributed by atoms with van der Waals surface area (Å²) in [5.41, 5.74) is 0.448. The molecule has 0 spiro atoms. The molecular formula is C24H34O15. The largest absolute Gasteiger partial charge is 0.493 e. The topological polar surface area (TPSA) is 223 Å². The van der Waals surface area contributed by atoms with Crippen molar-refractivity contribution in [1.29, 1.82) is 0 Å². The first-order chi connectivity index (χ1) is 18.6. The molecule has 3 rings (SSSR count). The second-order valence-corrected chi connectivity index (χ2v) is 8.76. The highest BCUT2D eigenvalue weighted by Crippen LogP contribution is 2.39. The van der Waals surface area contributed by atoms with E-state index in [1.54, 1.807) is 12.1 Å². The maximum Gasteiger partial charge on any atom is 0.331 e. The van der Waals surface area contributed by atoms with Crippen molar-refractivity contribution in [1.82, 2.24) is 0 Å². The SMILES string of the molecule is COc1cc(/C=C\C(=O)O[C@H]2[C@H](O)[C@@H](CO)O[C@@]2(CO)O[C@H]2O[C@H](CO)[C@@H](O)[C@H](O)[C@H]2O)cc(OC)c1OC. The van der Waals surface area contributed by atoms with Gasteiger partial charge in [-0.2, -0.15) is 0 Å². The lowest BCUT2D eigenvalue weighted by atomic mass is 9.99. The molecule has 220 valence electrons. The van der Waals surface area contributed by atoms with Crippen LogP contribution in [0.25, 0.3) is 6.08 Å². The van der Waals surface area contributed by atoms with Crippen LogP contribution < -0.4 is 14.2 Å². The Kier molecular flexibility index (Phi) is 10.5. The van der Waals surface area contributed by atoms with E-state index in [2.05, 4.69) is 0 Å². The molecule has 0 saturated carbocycles. The Morgan fingerprint density at radius 1 is 0.897 bits per heavy atom. The number of methoxy groups -OCH3 is 3. The quantitative estimate of drug-likeness (QED) is 0.105. The van der Waals surface area contributed by atoms with Crippen molar-refractivity contribution in [3.05, 3.63) is 23.8 Å². The van der Waals surface area contributed by atoms with Crippen molar-refractivity contribution < 1.29 is 73.7 Å². The van der Waals surface area contributed by atoms with Crippen LogP contribution in [0.4, 0.5) is 0 Å². The fourth-order valence-corrected chi connectivity index (χ4v) is 4.30. The zero-order valence-corrected chi connectivity index (χ0v) is 21.4. The molecule has 2 aliphatic heterocycles. The molecule has 39 heavy (non-hydrogen) atoms. The van der Waals surface area contributed by atoms with Gasteiger partial charge in [-0.1, -0.05) is 0 Å². The molecule has 0 radical (unpaired) electrons. The summed E-state index contributed by atoms with van der Waals surface area (Å²) in [7, 11) is 4.27. The van der Waals surface area contributed by atoms with Gasteiger partial charge in [0.15, 0.2) is 23.9 Å². The number of carbonyl (C=O) groups is 1. The monoisotopic (exact) mass is 562 g/mol. The second kappa shape index (κ2) is 13.2. The van der Waals surface area contributed by atoms with Crippen LogP contribution in [-0.2, 0) is 23.7 Å². The van der Waals surface area contributed by atoms with Crippen LogP contribution in [0.2, 0.25) is 0 Å². The molecular weight excluding hydrogens is 528 g/mol. The molecule has 2 heterocycles. The van der Waals surface area contributed by atoms with Gasteiger partial charge < -0.3 is 68.9 Å². The van der Waals surface area contributed by atoms with Crippen LogP contribution in [0.1, 0.15) is 5.56 Å². The number of carbonyl (C=O) groups excluding carboxylic acids is 1. The van der Waals surface area contributed by atoms with E-state index in [1.165, 1.54) is 27.4 Å². The Balaban J connectivity index is 1.84. The number of esters is 1. The Morgan fingerprint density at radius 3 is 2.03 bits per heavy atom. The average molecular weight is 563 g/mol. The zero-order valence-electron chi connectivity index (χ0n) is 21.4. The van der Waals surface area contributed by atoms with Gasteiger partial charge in [-0.05, 0) is 23.8 Å². The molecule has 15 nitrogen and oxygen atoms in total. The molecule has 7 N–H and O–H groups in total. The van der Waals surface area contributed by atoms with E-state index in [1.807, 2.05) is 0 Å². The lowest BCUT2D eigenvalue weighted by molar-refractivity contribution is -0.383. The van der Waals surface area contributed by atoms with Gasteiger partial charge >= 0.3 is 5.97 Å². The zero-order chi connectivity index (χ0) is 28.9. The van der Waals surface area contributed by atoms with Crippen molar-refractivity contribution in [2.75, 3.05) is 41.2 Å². The fraction of sp³-hybridized carbons (Fsp3) is 0.625. The molecule has 1 aromatic rings.